The van der Waals surface area contributed by atoms with Crippen LogP contribution in [0.25, 0.3) is 0 Å². The minimum atomic E-state index is -1.07. The molecule has 0 aromatic rings. The SMILES string of the molecule is COC(=O)C1CN(C(=O)N(C)CC(=O)O)CC1C. The normalized spacial score (nSPS) is 22.7. The van der Waals surface area contributed by atoms with E-state index in [1.54, 1.807) is 0 Å². The van der Waals surface area contributed by atoms with Gasteiger partial charge in [-0.25, -0.2) is 4.79 Å². The van der Waals surface area contributed by atoms with Gasteiger partial charge in [-0.15, -0.1) is 0 Å². The first-order valence-corrected chi connectivity index (χ1v) is 5.66. The van der Waals surface area contributed by atoms with E-state index >= 15 is 0 Å². The number of methoxy groups -OCH3 is 1. The number of ether oxygens (including phenoxy) is 1. The number of likely N-dealkylation sites (tertiary alicyclic amines) is 1. The van der Waals surface area contributed by atoms with E-state index in [9.17, 15) is 14.4 Å². The molecular weight excluding hydrogens is 240 g/mol. The van der Waals surface area contributed by atoms with Gasteiger partial charge < -0.3 is 19.6 Å². The monoisotopic (exact) mass is 258 g/mol. The Bertz CT molecular complexity index is 357. The summed E-state index contributed by atoms with van der Waals surface area (Å²) in [5, 5.41) is 8.62. The standard InChI is InChI=1S/C11H18N2O5/c1-7-4-13(5-8(7)10(16)18-3)11(17)12(2)6-9(14)15/h7-8H,4-6H2,1-3H3,(H,14,15). The average Bonchev–Trinajstić information content (AvgIpc) is 2.68. The van der Waals surface area contributed by atoms with Crippen LogP contribution >= 0.6 is 0 Å². The Kier molecular flexibility index (Phi) is 4.52. The first-order valence-electron chi connectivity index (χ1n) is 5.66. The summed E-state index contributed by atoms with van der Waals surface area (Å²) in [5.74, 6) is -1.72. The van der Waals surface area contributed by atoms with Crippen LogP contribution in [-0.2, 0) is 14.3 Å². The summed E-state index contributed by atoms with van der Waals surface area (Å²) >= 11 is 0. The molecule has 1 N–H and O–H groups in total. The third-order valence-electron chi connectivity index (χ3n) is 3.09. The number of esters is 1. The van der Waals surface area contributed by atoms with Gasteiger partial charge in [0.1, 0.15) is 6.54 Å². The van der Waals surface area contributed by atoms with Crippen molar-refractivity contribution in [1.82, 2.24) is 9.80 Å². The van der Waals surface area contributed by atoms with Gasteiger partial charge in [0, 0.05) is 20.1 Å². The second-order valence-electron chi connectivity index (χ2n) is 4.54. The predicted octanol–water partition coefficient (Wildman–Crippen LogP) is -0.136. The maximum atomic E-state index is 11.9. The molecule has 0 aromatic heterocycles. The lowest BCUT2D eigenvalue weighted by atomic mass is 9.99. The van der Waals surface area contributed by atoms with Crippen LogP contribution < -0.4 is 0 Å². The third-order valence-corrected chi connectivity index (χ3v) is 3.09. The minimum Gasteiger partial charge on any atom is -0.480 e. The summed E-state index contributed by atoms with van der Waals surface area (Å²) in [4.78, 5) is 36.5. The molecular formula is C11H18N2O5. The second kappa shape index (κ2) is 5.70. The van der Waals surface area contributed by atoms with E-state index in [0.717, 1.165) is 4.90 Å². The molecule has 18 heavy (non-hydrogen) atoms. The number of hydrogen-bond acceptors (Lipinski definition) is 4. The molecule has 0 spiro atoms. The lowest BCUT2D eigenvalue weighted by molar-refractivity contribution is -0.146. The van der Waals surface area contributed by atoms with Gasteiger partial charge in [0.15, 0.2) is 0 Å². The Labute approximate surface area is 105 Å². The zero-order valence-corrected chi connectivity index (χ0v) is 10.8. The number of amides is 2. The van der Waals surface area contributed by atoms with Crippen molar-refractivity contribution in [3.8, 4) is 0 Å². The highest BCUT2D eigenvalue weighted by molar-refractivity contribution is 5.81. The number of carboxylic acids is 1. The summed E-state index contributed by atoms with van der Waals surface area (Å²) in [6, 6.07) is -0.379. The smallest absolute Gasteiger partial charge is 0.323 e. The van der Waals surface area contributed by atoms with E-state index in [-0.39, 0.29) is 36.9 Å². The highest BCUT2D eigenvalue weighted by Crippen LogP contribution is 2.24. The second-order valence-corrected chi connectivity index (χ2v) is 4.54. The van der Waals surface area contributed by atoms with Gasteiger partial charge >= 0.3 is 18.0 Å². The van der Waals surface area contributed by atoms with Crippen LogP contribution in [-0.4, -0.2) is 66.7 Å². The van der Waals surface area contributed by atoms with Crippen molar-refractivity contribution in [2.24, 2.45) is 11.8 Å². The number of carbonyl (C=O) groups is 3. The number of urea groups is 1. The van der Waals surface area contributed by atoms with Crippen LogP contribution in [0.5, 0.6) is 0 Å². The summed E-state index contributed by atoms with van der Waals surface area (Å²) in [6.45, 7) is 2.22. The van der Waals surface area contributed by atoms with Crippen LogP contribution in [0, 0.1) is 11.8 Å². The molecule has 1 heterocycles. The highest BCUT2D eigenvalue weighted by atomic mass is 16.5. The number of nitrogens with zero attached hydrogens (tertiary/aromatic N) is 2. The molecule has 2 unspecified atom stereocenters. The Hall–Kier alpha value is -1.79. The van der Waals surface area contributed by atoms with Gasteiger partial charge in [-0.1, -0.05) is 6.92 Å². The molecule has 2 amide bonds. The Morgan fingerprint density at radius 2 is 2.00 bits per heavy atom. The Morgan fingerprint density at radius 1 is 1.39 bits per heavy atom. The molecule has 102 valence electrons. The van der Waals surface area contributed by atoms with Crippen molar-refractivity contribution in [2.75, 3.05) is 33.8 Å². The van der Waals surface area contributed by atoms with E-state index in [1.165, 1.54) is 19.1 Å². The number of aliphatic carboxylic acids is 1. The molecule has 1 saturated heterocycles. The molecule has 1 aliphatic heterocycles. The molecule has 0 aliphatic carbocycles. The maximum absolute atomic E-state index is 11.9. The number of carbonyl (C=O) groups excluding carboxylic acids is 2. The van der Waals surface area contributed by atoms with Gasteiger partial charge in [-0.05, 0) is 5.92 Å². The molecule has 7 nitrogen and oxygen atoms in total. The first kappa shape index (κ1) is 14.3. The molecule has 7 heteroatoms. The van der Waals surface area contributed by atoms with Crippen molar-refractivity contribution < 1.29 is 24.2 Å². The maximum Gasteiger partial charge on any atom is 0.323 e. The molecule has 0 saturated carbocycles. The molecule has 1 aliphatic rings. The summed E-state index contributed by atoms with van der Waals surface area (Å²) in [6.07, 6.45) is 0. The lowest BCUT2D eigenvalue weighted by Crippen LogP contribution is -2.42. The van der Waals surface area contributed by atoms with Gasteiger partial charge in [0.25, 0.3) is 0 Å². The van der Waals surface area contributed by atoms with E-state index in [0.29, 0.717) is 6.54 Å². The molecule has 1 rings (SSSR count). The van der Waals surface area contributed by atoms with E-state index in [1.807, 2.05) is 6.92 Å². The Morgan fingerprint density at radius 3 is 2.50 bits per heavy atom. The van der Waals surface area contributed by atoms with Crippen LogP contribution in [0.1, 0.15) is 6.92 Å². The van der Waals surface area contributed by atoms with Gasteiger partial charge in [-0.3, -0.25) is 9.59 Å². The fourth-order valence-electron chi connectivity index (χ4n) is 2.09. The van der Waals surface area contributed by atoms with Crippen LogP contribution in [0.4, 0.5) is 4.79 Å². The van der Waals surface area contributed by atoms with Gasteiger partial charge in [-0.2, -0.15) is 0 Å². The topological polar surface area (TPSA) is 87.2 Å². The fourth-order valence-corrected chi connectivity index (χ4v) is 2.09. The Balaban J connectivity index is 2.62. The van der Waals surface area contributed by atoms with Crippen LogP contribution in [0.3, 0.4) is 0 Å². The first-order chi connectivity index (χ1) is 8.36. The largest absolute Gasteiger partial charge is 0.480 e. The zero-order valence-electron chi connectivity index (χ0n) is 10.8. The van der Waals surface area contributed by atoms with Crippen molar-refractivity contribution in [1.29, 1.82) is 0 Å². The average molecular weight is 258 g/mol. The number of hydrogen-bond donors (Lipinski definition) is 1. The lowest BCUT2D eigenvalue weighted by Gasteiger charge is -2.23. The molecule has 1 fully saturated rings. The van der Waals surface area contributed by atoms with E-state index < -0.39 is 5.97 Å². The molecule has 2 atom stereocenters. The zero-order chi connectivity index (χ0) is 13.9. The number of rotatable bonds is 3. The molecule has 0 aromatic carbocycles. The minimum absolute atomic E-state index is 0.0135. The number of likely N-dealkylation sites (N-methyl/N-ethyl adjacent to an activating group) is 1. The fraction of sp³-hybridized carbons (Fsp3) is 0.727. The van der Waals surface area contributed by atoms with Crippen molar-refractivity contribution >= 4 is 18.0 Å². The van der Waals surface area contributed by atoms with Crippen molar-refractivity contribution in [3.05, 3.63) is 0 Å². The molecule has 0 bridgehead atoms. The van der Waals surface area contributed by atoms with Crippen LogP contribution in [0.15, 0.2) is 0 Å². The summed E-state index contributed by atoms with van der Waals surface area (Å²) in [5.41, 5.74) is 0. The third kappa shape index (κ3) is 3.12. The molecule has 0 radical (unpaired) electrons. The summed E-state index contributed by atoms with van der Waals surface area (Å²) < 4.78 is 4.67. The van der Waals surface area contributed by atoms with Crippen molar-refractivity contribution in [2.45, 2.75) is 6.92 Å². The van der Waals surface area contributed by atoms with Gasteiger partial charge in [0.05, 0.1) is 13.0 Å². The van der Waals surface area contributed by atoms with Crippen LogP contribution in [0.2, 0.25) is 0 Å². The number of carboxylic acid groups (broad SMARTS) is 1. The van der Waals surface area contributed by atoms with E-state index in [4.69, 9.17) is 5.11 Å². The highest BCUT2D eigenvalue weighted by Gasteiger charge is 2.38. The predicted molar refractivity (Wildman–Crippen MR) is 61.9 cm³/mol. The quantitative estimate of drug-likeness (QED) is 0.712. The van der Waals surface area contributed by atoms with E-state index in [2.05, 4.69) is 4.74 Å². The van der Waals surface area contributed by atoms with Gasteiger partial charge in [0.2, 0.25) is 0 Å². The summed E-state index contributed by atoms with van der Waals surface area (Å²) in [7, 11) is 2.74. The van der Waals surface area contributed by atoms with Crippen molar-refractivity contribution in [3.63, 3.8) is 0 Å².